The maximum Gasteiger partial charge on any atom is 0.329 e. The molecule has 0 spiro atoms. The van der Waals surface area contributed by atoms with Crippen LogP contribution in [0.1, 0.15) is 77.6 Å². The van der Waals surface area contributed by atoms with E-state index in [9.17, 15) is 33.9 Å². The first kappa shape index (κ1) is 27.4. The van der Waals surface area contributed by atoms with Crippen molar-refractivity contribution in [3.63, 3.8) is 0 Å². The second-order valence-corrected chi connectivity index (χ2v) is 10.2. The summed E-state index contributed by atoms with van der Waals surface area (Å²) in [6.07, 6.45) is 7.30. The number of amides is 5. The highest BCUT2D eigenvalue weighted by Gasteiger charge is 2.45. The fraction of sp³-hybridized carbons (Fsp3) is 0.750. The van der Waals surface area contributed by atoms with Crippen LogP contribution in [0.3, 0.4) is 0 Å². The Morgan fingerprint density at radius 1 is 0.917 bits per heavy atom. The van der Waals surface area contributed by atoms with E-state index in [1.165, 1.54) is 11.8 Å². The summed E-state index contributed by atoms with van der Waals surface area (Å²) in [7, 11) is 0. The molecule has 3 atom stereocenters. The van der Waals surface area contributed by atoms with Gasteiger partial charge in [0.05, 0.1) is 6.04 Å². The SMILES string of the molecule is CC(NC(=O)[C@@H]1CCCN1C(=O)C(NC(=O)NC1(C(=O)O)CCCC1)C1CCCCC1)C(=O)C(N)=O. The van der Waals surface area contributed by atoms with Crippen LogP contribution in [0.15, 0.2) is 0 Å². The Kier molecular flexibility index (Phi) is 8.91. The van der Waals surface area contributed by atoms with Gasteiger partial charge in [-0.3, -0.25) is 19.2 Å². The lowest BCUT2D eigenvalue weighted by molar-refractivity contribution is -0.144. The van der Waals surface area contributed by atoms with Crippen LogP contribution in [0.5, 0.6) is 0 Å². The van der Waals surface area contributed by atoms with Gasteiger partial charge >= 0.3 is 12.0 Å². The van der Waals surface area contributed by atoms with Crippen LogP contribution in [0.25, 0.3) is 0 Å². The van der Waals surface area contributed by atoms with Gasteiger partial charge in [0.2, 0.25) is 17.6 Å². The maximum atomic E-state index is 13.7. The number of nitrogens with zero attached hydrogens (tertiary/aromatic N) is 1. The van der Waals surface area contributed by atoms with E-state index in [2.05, 4.69) is 16.0 Å². The molecule has 12 heteroatoms. The van der Waals surface area contributed by atoms with Crippen LogP contribution < -0.4 is 21.7 Å². The van der Waals surface area contributed by atoms with Crippen molar-refractivity contribution < 1.29 is 33.9 Å². The number of primary amides is 1. The fourth-order valence-corrected chi connectivity index (χ4v) is 5.68. The number of nitrogens with two attached hydrogens (primary N) is 1. The molecule has 36 heavy (non-hydrogen) atoms. The van der Waals surface area contributed by atoms with Crippen LogP contribution >= 0.6 is 0 Å². The van der Waals surface area contributed by atoms with Crippen molar-refractivity contribution in [3.8, 4) is 0 Å². The minimum atomic E-state index is -1.34. The lowest BCUT2D eigenvalue weighted by Gasteiger charge is -2.35. The highest BCUT2D eigenvalue weighted by atomic mass is 16.4. The summed E-state index contributed by atoms with van der Waals surface area (Å²) in [4.78, 5) is 75.8. The van der Waals surface area contributed by atoms with Crippen LogP contribution in [0, 0.1) is 5.92 Å². The summed E-state index contributed by atoms with van der Waals surface area (Å²) in [6, 6.07) is -3.58. The molecule has 5 amide bonds. The third kappa shape index (κ3) is 6.14. The predicted molar refractivity (Wildman–Crippen MR) is 127 cm³/mol. The number of urea groups is 1. The Morgan fingerprint density at radius 2 is 1.56 bits per heavy atom. The van der Waals surface area contributed by atoms with Gasteiger partial charge in [-0.15, -0.1) is 0 Å². The van der Waals surface area contributed by atoms with E-state index in [1.807, 2.05) is 0 Å². The van der Waals surface area contributed by atoms with Crippen molar-refractivity contribution >= 4 is 35.5 Å². The molecule has 12 nitrogen and oxygen atoms in total. The molecule has 1 heterocycles. The number of carbonyl (C=O) groups excluding carboxylic acids is 5. The first-order valence-electron chi connectivity index (χ1n) is 12.8. The van der Waals surface area contributed by atoms with E-state index in [4.69, 9.17) is 5.73 Å². The Labute approximate surface area is 210 Å². The van der Waals surface area contributed by atoms with Gasteiger partial charge in [-0.25, -0.2) is 9.59 Å². The number of carbonyl (C=O) groups is 6. The number of carboxylic acids is 1. The molecule has 2 aliphatic carbocycles. The number of hydrogen-bond acceptors (Lipinski definition) is 6. The quantitative estimate of drug-likeness (QED) is 0.275. The van der Waals surface area contributed by atoms with E-state index < -0.39 is 59.2 Å². The molecule has 2 unspecified atom stereocenters. The topological polar surface area (TPSA) is 188 Å². The Hall–Kier alpha value is -3.18. The van der Waals surface area contributed by atoms with Crippen molar-refractivity contribution in [1.82, 2.24) is 20.9 Å². The molecule has 3 aliphatic rings. The van der Waals surface area contributed by atoms with Crippen LogP contribution in [-0.2, 0) is 24.0 Å². The van der Waals surface area contributed by atoms with Crippen molar-refractivity contribution in [1.29, 1.82) is 0 Å². The summed E-state index contributed by atoms with van der Waals surface area (Å²) in [5.41, 5.74) is 3.67. The van der Waals surface area contributed by atoms with E-state index in [1.54, 1.807) is 0 Å². The number of Topliss-reactive ketones (excluding diaryl/α,β-unsaturated/α-hetero) is 1. The number of rotatable bonds is 9. The Bertz CT molecular complexity index is 895. The monoisotopic (exact) mass is 507 g/mol. The predicted octanol–water partition coefficient (Wildman–Crippen LogP) is 0.182. The lowest BCUT2D eigenvalue weighted by atomic mass is 9.83. The first-order valence-corrected chi connectivity index (χ1v) is 12.8. The fourth-order valence-electron chi connectivity index (χ4n) is 5.68. The van der Waals surface area contributed by atoms with Crippen LogP contribution in [0.2, 0.25) is 0 Å². The highest BCUT2D eigenvalue weighted by Crippen LogP contribution is 2.31. The molecular weight excluding hydrogens is 470 g/mol. The zero-order chi connectivity index (χ0) is 26.5. The smallest absolute Gasteiger partial charge is 0.329 e. The second kappa shape index (κ2) is 11.7. The molecule has 1 saturated heterocycles. The zero-order valence-corrected chi connectivity index (χ0v) is 20.7. The van der Waals surface area contributed by atoms with Gasteiger partial charge in [-0.2, -0.15) is 0 Å². The number of carboxylic acid groups (broad SMARTS) is 1. The second-order valence-electron chi connectivity index (χ2n) is 10.2. The molecule has 0 aromatic rings. The van der Waals surface area contributed by atoms with Gasteiger partial charge in [0, 0.05) is 6.54 Å². The van der Waals surface area contributed by atoms with Crippen LogP contribution in [-0.4, -0.2) is 75.7 Å². The Morgan fingerprint density at radius 3 is 2.14 bits per heavy atom. The maximum absolute atomic E-state index is 13.7. The third-order valence-electron chi connectivity index (χ3n) is 7.73. The average Bonchev–Trinajstić information content (AvgIpc) is 3.53. The van der Waals surface area contributed by atoms with Crippen molar-refractivity contribution in [3.05, 3.63) is 0 Å². The summed E-state index contributed by atoms with van der Waals surface area (Å²) < 4.78 is 0. The summed E-state index contributed by atoms with van der Waals surface area (Å²) >= 11 is 0. The molecule has 3 fully saturated rings. The van der Waals surface area contributed by atoms with Gasteiger partial charge in [0.15, 0.2) is 0 Å². The average molecular weight is 508 g/mol. The number of hydrogen-bond donors (Lipinski definition) is 5. The Balaban J connectivity index is 1.74. The molecule has 0 aromatic carbocycles. The van der Waals surface area contributed by atoms with E-state index in [0.29, 0.717) is 45.1 Å². The molecule has 0 radical (unpaired) electrons. The molecule has 1 aliphatic heterocycles. The molecular formula is C24H37N5O7. The van der Waals surface area contributed by atoms with Crippen molar-refractivity contribution in [2.75, 3.05) is 6.54 Å². The summed E-state index contributed by atoms with van der Waals surface area (Å²) in [5.74, 6) is -4.29. The van der Waals surface area contributed by atoms with E-state index in [-0.39, 0.29) is 5.92 Å². The van der Waals surface area contributed by atoms with Gasteiger partial charge < -0.3 is 31.7 Å². The number of likely N-dealkylation sites (tertiary alicyclic amines) is 1. The minimum absolute atomic E-state index is 0.138. The number of aliphatic carboxylic acids is 1. The molecule has 0 aromatic heterocycles. The van der Waals surface area contributed by atoms with Gasteiger partial charge in [-0.1, -0.05) is 32.1 Å². The largest absolute Gasteiger partial charge is 0.480 e. The number of nitrogens with one attached hydrogen (secondary N) is 3. The molecule has 3 rings (SSSR count). The summed E-state index contributed by atoms with van der Waals surface area (Å²) in [5, 5.41) is 17.5. The number of ketones is 1. The molecule has 2 saturated carbocycles. The normalized spacial score (nSPS) is 23.4. The standard InChI is InChI=1S/C24H37N5O7/c1-14(18(30)19(25)31)26-20(32)16-10-7-13-29(16)21(33)17(15-8-3-2-4-9-15)27-23(36)28-24(22(34)35)11-5-6-12-24/h14-17H,2-13H2,1H3,(H2,25,31)(H,26,32)(H,34,35)(H2,27,28,36)/t14?,16-,17?/m0/s1. The lowest BCUT2D eigenvalue weighted by Crippen LogP contribution is -2.61. The zero-order valence-electron chi connectivity index (χ0n) is 20.7. The van der Waals surface area contributed by atoms with Gasteiger partial charge in [0.1, 0.15) is 17.6 Å². The summed E-state index contributed by atoms with van der Waals surface area (Å²) in [6.45, 7) is 1.66. The van der Waals surface area contributed by atoms with E-state index in [0.717, 1.165) is 32.1 Å². The molecule has 200 valence electrons. The van der Waals surface area contributed by atoms with Crippen molar-refractivity contribution in [2.45, 2.75) is 101 Å². The highest BCUT2D eigenvalue weighted by molar-refractivity contribution is 6.37. The third-order valence-corrected chi connectivity index (χ3v) is 7.73. The first-order chi connectivity index (χ1) is 17.1. The van der Waals surface area contributed by atoms with Gasteiger partial charge in [-0.05, 0) is 51.4 Å². The van der Waals surface area contributed by atoms with E-state index >= 15 is 0 Å². The van der Waals surface area contributed by atoms with Crippen molar-refractivity contribution in [2.24, 2.45) is 11.7 Å². The molecule has 0 bridgehead atoms. The van der Waals surface area contributed by atoms with Crippen LogP contribution in [0.4, 0.5) is 4.79 Å². The minimum Gasteiger partial charge on any atom is -0.480 e. The molecule has 6 N–H and O–H groups in total. The van der Waals surface area contributed by atoms with Gasteiger partial charge in [0.25, 0.3) is 5.91 Å².